The lowest BCUT2D eigenvalue weighted by atomic mass is 10.0. The summed E-state index contributed by atoms with van der Waals surface area (Å²) in [4.78, 5) is 20.6. The van der Waals surface area contributed by atoms with E-state index >= 15 is 0 Å². The van der Waals surface area contributed by atoms with Crippen molar-refractivity contribution in [3.8, 4) is 11.5 Å². The van der Waals surface area contributed by atoms with Gasteiger partial charge < -0.3 is 14.6 Å². The van der Waals surface area contributed by atoms with Gasteiger partial charge in [0.1, 0.15) is 17.5 Å². The number of ether oxygens (including phenoxy) is 2. The molecule has 1 N–H and O–H groups in total. The lowest BCUT2D eigenvalue weighted by Gasteiger charge is -2.38. The van der Waals surface area contributed by atoms with E-state index in [1.165, 1.54) is 0 Å². The second-order valence-corrected chi connectivity index (χ2v) is 6.49. The van der Waals surface area contributed by atoms with E-state index in [4.69, 9.17) is 9.47 Å². The third-order valence-electron chi connectivity index (χ3n) is 4.87. The highest BCUT2D eigenvalue weighted by Gasteiger charge is 2.34. The van der Waals surface area contributed by atoms with E-state index in [-0.39, 0.29) is 0 Å². The molecule has 0 radical (unpaired) electrons. The van der Waals surface area contributed by atoms with Crippen LogP contribution in [0.4, 0.5) is 0 Å². The number of piperazine rings is 1. The number of hydrogen-bond donors (Lipinski definition) is 1. The van der Waals surface area contributed by atoms with E-state index in [9.17, 15) is 9.90 Å². The van der Waals surface area contributed by atoms with Crippen LogP contribution in [0.2, 0.25) is 0 Å². The molecule has 1 atom stereocenters. The minimum absolute atomic E-state index is 0.527. The maximum Gasteiger partial charge on any atom is 0.325 e. The van der Waals surface area contributed by atoms with Crippen molar-refractivity contribution < 1.29 is 19.4 Å². The molecule has 0 saturated carbocycles. The number of methoxy groups -OCH3 is 2. The molecular formula is C20H25N3O4. The number of carboxylic acids is 1. The van der Waals surface area contributed by atoms with Gasteiger partial charge in [-0.25, -0.2) is 0 Å². The zero-order valence-corrected chi connectivity index (χ0v) is 15.7. The summed E-state index contributed by atoms with van der Waals surface area (Å²) in [6.45, 7) is 3.69. The van der Waals surface area contributed by atoms with Gasteiger partial charge in [-0.1, -0.05) is 12.1 Å². The number of aliphatic carboxylic acids is 1. The van der Waals surface area contributed by atoms with Crippen molar-refractivity contribution in [2.45, 2.75) is 12.6 Å². The van der Waals surface area contributed by atoms with Crippen LogP contribution < -0.4 is 9.47 Å². The van der Waals surface area contributed by atoms with E-state index < -0.39 is 12.0 Å². The molecule has 0 spiro atoms. The molecule has 0 amide bonds. The van der Waals surface area contributed by atoms with Crippen LogP contribution in [0.5, 0.6) is 11.5 Å². The summed E-state index contributed by atoms with van der Waals surface area (Å²) in [5.74, 6) is 0.151. The van der Waals surface area contributed by atoms with Gasteiger partial charge in [0.15, 0.2) is 0 Å². The monoisotopic (exact) mass is 371 g/mol. The van der Waals surface area contributed by atoms with Crippen LogP contribution in [-0.2, 0) is 11.3 Å². The first-order valence-corrected chi connectivity index (χ1v) is 8.93. The Morgan fingerprint density at radius 1 is 1.11 bits per heavy atom. The number of nitrogens with zero attached hydrogens (tertiary/aromatic N) is 3. The highest BCUT2D eigenvalue weighted by Crippen LogP contribution is 2.37. The Labute approximate surface area is 159 Å². The fourth-order valence-corrected chi connectivity index (χ4v) is 3.54. The first-order valence-electron chi connectivity index (χ1n) is 8.93. The van der Waals surface area contributed by atoms with E-state index in [2.05, 4.69) is 16.0 Å². The van der Waals surface area contributed by atoms with Crippen LogP contribution in [-0.4, -0.2) is 66.3 Å². The molecule has 1 fully saturated rings. The van der Waals surface area contributed by atoms with Gasteiger partial charge in [0, 0.05) is 45.1 Å². The smallest absolute Gasteiger partial charge is 0.325 e. The maximum atomic E-state index is 12.1. The normalized spacial score (nSPS) is 16.7. The van der Waals surface area contributed by atoms with Gasteiger partial charge >= 0.3 is 5.97 Å². The Morgan fingerprint density at radius 2 is 1.78 bits per heavy atom. The molecular weight excluding hydrogens is 346 g/mol. The van der Waals surface area contributed by atoms with E-state index in [0.717, 1.165) is 25.2 Å². The number of pyridine rings is 1. The highest BCUT2D eigenvalue weighted by molar-refractivity contribution is 5.78. The summed E-state index contributed by atoms with van der Waals surface area (Å²) in [5, 5.41) is 9.95. The van der Waals surface area contributed by atoms with Crippen molar-refractivity contribution >= 4 is 5.97 Å². The minimum Gasteiger partial charge on any atom is -0.496 e. The number of carboxylic acid groups (broad SMARTS) is 1. The van der Waals surface area contributed by atoms with E-state index in [0.29, 0.717) is 30.2 Å². The first kappa shape index (κ1) is 19.1. The third kappa shape index (κ3) is 4.37. The first-order chi connectivity index (χ1) is 13.1. The number of carbonyl (C=O) groups is 1. The molecule has 7 heteroatoms. The van der Waals surface area contributed by atoms with Crippen molar-refractivity contribution in [2.24, 2.45) is 0 Å². The summed E-state index contributed by atoms with van der Waals surface area (Å²) in [7, 11) is 3.09. The van der Waals surface area contributed by atoms with Gasteiger partial charge in [-0.15, -0.1) is 0 Å². The molecule has 1 aromatic carbocycles. The molecule has 3 rings (SSSR count). The van der Waals surface area contributed by atoms with Crippen molar-refractivity contribution in [3.63, 3.8) is 0 Å². The van der Waals surface area contributed by atoms with Gasteiger partial charge in [-0.3, -0.25) is 19.6 Å². The molecule has 144 valence electrons. The predicted molar refractivity (Wildman–Crippen MR) is 101 cm³/mol. The summed E-state index contributed by atoms with van der Waals surface area (Å²) in [6, 6.07) is 8.51. The van der Waals surface area contributed by atoms with Crippen molar-refractivity contribution in [1.82, 2.24) is 14.8 Å². The predicted octanol–water partition coefficient (Wildman–Crippen LogP) is 2.04. The zero-order chi connectivity index (χ0) is 19.2. The highest BCUT2D eigenvalue weighted by atomic mass is 16.5. The van der Waals surface area contributed by atoms with Crippen LogP contribution in [0, 0.1) is 0 Å². The standard InChI is InChI=1S/C20H25N3O4/c1-26-16-6-3-7-17(27-2)18(16)19(20(24)25)23-11-9-22(10-12-23)14-15-5-4-8-21-13-15/h3-8,13,19H,9-12,14H2,1-2H3,(H,24,25)/t19-/m1/s1. The molecule has 27 heavy (non-hydrogen) atoms. The van der Waals surface area contributed by atoms with Crippen LogP contribution in [0.25, 0.3) is 0 Å². The Bertz CT molecular complexity index is 739. The Morgan fingerprint density at radius 3 is 2.30 bits per heavy atom. The second-order valence-electron chi connectivity index (χ2n) is 6.49. The second kappa shape index (κ2) is 8.83. The molecule has 1 aliphatic rings. The fourth-order valence-electron chi connectivity index (χ4n) is 3.54. The van der Waals surface area contributed by atoms with Crippen LogP contribution in [0.15, 0.2) is 42.7 Å². The van der Waals surface area contributed by atoms with Crippen LogP contribution in [0.1, 0.15) is 17.2 Å². The van der Waals surface area contributed by atoms with Crippen LogP contribution >= 0.6 is 0 Å². The number of benzene rings is 1. The molecule has 2 heterocycles. The molecule has 0 unspecified atom stereocenters. The Balaban J connectivity index is 1.75. The number of rotatable bonds is 7. The van der Waals surface area contributed by atoms with E-state index in [1.54, 1.807) is 38.6 Å². The molecule has 1 aliphatic heterocycles. The molecule has 7 nitrogen and oxygen atoms in total. The molecule has 1 saturated heterocycles. The SMILES string of the molecule is COc1cccc(OC)c1[C@H](C(=O)O)N1CCN(Cc2cccnc2)CC1. The van der Waals surface area contributed by atoms with Gasteiger partial charge in [-0.05, 0) is 23.8 Å². The largest absolute Gasteiger partial charge is 0.496 e. The molecule has 0 aliphatic carbocycles. The van der Waals surface area contributed by atoms with Crippen molar-refractivity contribution in [3.05, 3.63) is 53.9 Å². The minimum atomic E-state index is -0.904. The topological polar surface area (TPSA) is 75.1 Å². The summed E-state index contributed by atoms with van der Waals surface area (Å²) in [5.41, 5.74) is 1.72. The van der Waals surface area contributed by atoms with Gasteiger partial charge in [0.25, 0.3) is 0 Å². The van der Waals surface area contributed by atoms with Gasteiger partial charge in [-0.2, -0.15) is 0 Å². The summed E-state index contributed by atoms with van der Waals surface area (Å²) in [6.07, 6.45) is 3.63. The molecule has 2 aromatic rings. The van der Waals surface area contributed by atoms with Crippen molar-refractivity contribution in [1.29, 1.82) is 0 Å². The number of aromatic nitrogens is 1. The van der Waals surface area contributed by atoms with E-state index in [1.807, 2.05) is 17.2 Å². The van der Waals surface area contributed by atoms with Gasteiger partial charge in [0.2, 0.25) is 0 Å². The molecule has 1 aromatic heterocycles. The van der Waals surface area contributed by atoms with Crippen molar-refractivity contribution in [2.75, 3.05) is 40.4 Å². The average molecular weight is 371 g/mol. The Kier molecular flexibility index (Phi) is 6.26. The maximum absolute atomic E-state index is 12.1. The van der Waals surface area contributed by atoms with Gasteiger partial charge in [0.05, 0.1) is 19.8 Å². The molecule has 0 bridgehead atoms. The fraction of sp³-hybridized carbons (Fsp3) is 0.400. The summed E-state index contributed by atoms with van der Waals surface area (Å²) < 4.78 is 10.8. The van der Waals surface area contributed by atoms with Crippen LogP contribution in [0.3, 0.4) is 0 Å². The lowest BCUT2D eigenvalue weighted by molar-refractivity contribution is -0.144. The average Bonchev–Trinajstić information content (AvgIpc) is 2.70. The third-order valence-corrected chi connectivity index (χ3v) is 4.87. The lowest BCUT2D eigenvalue weighted by Crippen LogP contribution is -2.49. The quantitative estimate of drug-likeness (QED) is 0.798. The number of hydrogen-bond acceptors (Lipinski definition) is 6. The zero-order valence-electron chi connectivity index (χ0n) is 15.7. The summed E-state index contributed by atoms with van der Waals surface area (Å²) >= 11 is 0. The Hall–Kier alpha value is -2.64.